The molecule has 3 unspecified atom stereocenters. The van der Waals surface area contributed by atoms with Crippen LogP contribution in [0.3, 0.4) is 0 Å². The molecule has 0 spiro atoms. The lowest BCUT2D eigenvalue weighted by Crippen LogP contribution is -2.43. The first-order chi connectivity index (χ1) is 10.6. The highest BCUT2D eigenvalue weighted by Crippen LogP contribution is 2.42. The number of carboxylic acid groups (broad SMARTS) is 1. The van der Waals surface area contributed by atoms with E-state index in [0.29, 0.717) is 18.0 Å². The summed E-state index contributed by atoms with van der Waals surface area (Å²) < 4.78 is 0. The fourth-order valence-electron chi connectivity index (χ4n) is 3.90. The van der Waals surface area contributed by atoms with Gasteiger partial charge in [0.05, 0.1) is 12.5 Å². The average Bonchev–Trinajstić information content (AvgIpc) is 3.07. The molecule has 0 bridgehead atoms. The van der Waals surface area contributed by atoms with E-state index >= 15 is 0 Å². The van der Waals surface area contributed by atoms with Gasteiger partial charge in [0.1, 0.15) is 6.04 Å². The second-order valence-electron chi connectivity index (χ2n) is 6.13. The predicted octanol–water partition coefficient (Wildman–Crippen LogP) is 2.08. The van der Waals surface area contributed by atoms with Crippen molar-refractivity contribution in [2.24, 2.45) is 11.8 Å². The summed E-state index contributed by atoms with van der Waals surface area (Å²) in [6.45, 7) is 0.531. The lowest BCUT2D eigenvalue weighted by Gasteiger charge is -2.24. The standard InChI is InChI=1S/C17H18N2O3/c18-8-7-11-3-1-4-12(9-11)16(20)19-10-13-5-2-6-14(13)15(19)17(21)22/h1,3-4,9,13-15H,2,5-7,10H2,(H,21,22). The van der Waals surface area contributed by atoms with Crippen LogP contribution in [0.1, 0.15) is 35.2 Å². The maximum absolute atomic E-state index is 12.7. The van der Waals surface area contributed by atoms with Crippen molar-refractivity contribution in [3.63, 3.8) is 0 Å². The topological polar surface area (TPSA) is 81.4 Å². The van der Waals surface area contributed by atoms with Crippen molar-refractivity contribution < 1.29 is 14.7 Å². The van der Waals surface area contributed by atoms with E-state index < -0.39 is 12.0 Å². The van der Waals surface area contributed by atoms with Crippen LogP contribution in [0, 0.1) is 23.2 Å². The SMILES string of the molecule is N#CCc1cccc(C(=O)N2CC3CCCC3C2C(=O)O)c1. The second kappa shape index (κ2) is 5.80. The third-order valence-corrected chi connectivity index (χ3v) is 4.86. The van der Waals surface area contributed by atoms with Crippen LogP contribution in [0.4, 0.5) is 0 Å². The number of nitrogens with zero attached hydrogens (tertiary/aromatic N) is 2. The molecule has 1 N–H and O–H groups in total. The Morgan fingerprint density at radius 1 is 1.36 bits per heavy atom. The molecule has 1 saturated heterocycles. The van der Waals surface area contributed by atoms with Gasteiger partial charge in [0.2, 0.25) is 0 Å². The Morgan fingerprint density at radius 3 is 2.91 bits per heavy atom. The number of amides is 1. The molecule has 1 aliphatic heterocycles. The number of carbonyl (C=O) groups excluding carboxylic acids is 1. The number of benzene rings is 1. The first kappa shape index (κ1) is 14.6. The zero-order valence-electron chi connectivity index (χ0n) is 12.2. The van der Waals surface area contributed by atoms with Crippen LogP contribution < -0.4 is 0 Å². The van der Waals surface area contributed by atoms with Gasteiger partial charge in [-0.05, 0) is 42.4 Å². The Hall–Kier alpha value is -2.35. The molecule has 5 heteroatoms. The molecule has 114 valence electrons. The minimum absolute atomic E-state index is 0.0868. The number of hydrogen-bond acceptors (Lipinski definition) is 3. The number of likely N-dealkylation sites (tertiary alicyclic amines) is 1. The van der Waals surface area contributed by atoms with Gasteiger partial charge < -0.3 is 10.0 Å². The summed E-state index contributed by atoms with van der Waals surface area (Å²) in [7, 11) is 0. The Morgan fingerprint density at radius 2 is 2.18 bits per heavy atom. The van der Waals surface area contributed by atoms with E-state index in [1.807, 2.05) is 0 Å². The lowest BCUT2D eigenvalue weighted by atomic mass is 9.94. The van der Waals surface area contributed by atoms with Gasteiger partial charge in [0, 0.05) is 12.1 Å². The Kier molecular flexibility index (Phi) is 3.84. The summed E-state index contributed by atoms with van der Waals surface area (Å²) in [5.41, 5.74) is 1.25. The second-order valence-corrected chi connectivity index (χ2v) is 6.13. The molecule has 5 nitrogen and oxygen atoms in total. The van der Waals surface area contributed by atoms with Crippen molar-refractivity contribution >= 4 is 11.9 Å². The number of carbonyl (C=O) groups is 2. The summed E-state index contributed by atoms with van der Waals surface area (Å²) in [6.07, 6.45) is 3.19. The fourth-order valence-corrected chi connectivity index (χ4v) is 3.90. The number of fused-ring (bicyclic) bond motifs is 1. The van der Waals surface area contributed by atoms with Crippen molar-refractivity contribution in [2.45, 2.75) is 31.7 Å². The van der Waals surface area contributed by atoms with Gasteiger partial charge in [-0.2, -0.15) is 5.26 Å². The zero-order valence-corrected chi connectivity index (χ0v) is 12.2. The molecule has 3 rings (SSSR count). The van der Waals surface area contributed by atoms with Crippen molar-refractivity contribution in [2.75, 3.05) is 6.54 Å². The third kappa shape index (κ3) is 2.45. The number of nitriles is 1. The molecular formula is C17H18N2O3. The van der Waals surface area contributed by atoms with E-state index in [1.165, 1.54) is 4.90 Å². The molecular weight excluding hydrogens is 280 g/mol. The third-order valence-electron chi connectivity index (χ3n) is 4.86. The van der Waals surface area contributed by atoms with Gasteiger partial charge in [-0.3, -0.25) is 4.79 Å². The smallest absolute Gasteiger partial charge is 0.326 e. The van der Waals surface area contributed by atoms with E-state index in [1.54, 1.807) is 24.3 Å². The largest absolute Gasteiger partial charge is 0.480 e. The monoisotopic (exact) mass is 298 g/mol. The van der Waals surface area contributed by atoms with Gasteiger partial charge in [-0.25, -0.2) is 4.79 Å². The highest BCUT2D eigenvalue weighted by Gasteiger charge is 2.49. The van der Waals surface area contributed by atoms with Crippen LogP contribution in [-0.2, 0) is 11.2 Å². The summed E-state index contributed by atoms with van der Waals surface area (Å²) in [5, 5.41) is 18.3. The van der Waals surface area contributed by atoms with Crippen LogP contribution in [0.2, 0.25) is 0 Å². The minimum atomic E-state index is -0.907. The van der Waals surface area contributed by atoms with Gasteiger partial charge in [0.15, 0.2) is 0 Å². The minimum Gasteiger partial charge on any atom is -0.480 e. The van der Waals surface area contributed by atoms with Gasteiger partial charge in [-0.15, -0.1) is 0 Å². The molecule has 1 amide bonds. The van der Waals surface area contributed by atoms with Crippen molar-refractivity contribution in [3.8, 4) is 6.07 Å². The molecule has 22 heavy (non-hydrogen) atoms. The maximum Gasteiger partial charge on any atom is 0.326 e. The molecule has 2 fully saturated rings. The van der Waals surface area contributed by atoms with Crippen molar-refractivity contribution in [3.05, 3.63) is 35.4 Å². The molecule has 1 heterocycles. The van der Waals surface area contributed by atoms with Crippen molar-refractivity contribution in [1.29, 1.82) is 5.26 Å². The van der Waals surface area contributed by atoms with Crippen molar-refractivity contribution in [1.82, 2.24) is 4.90 Å². The zero-order chi connectivity index (χ0) is 15.7. The first-order valence-electron chi connectivity index (χ1n) is 7.61. The van der Waals surface area contributed by atoms with E-state index in [4.69, 9.17) is 5.26 Å². The highest BCUT2D eigenvalue weighted by atomic mass is 16.4. The van der Waals surface area contributed by atoms with Crippen LogP contribution >= 0.6 is 0 Å². The summed E-state index contributed by atoms with van der Waals surface area (Å²) in [4.78, 5) is 25.9. The maximum atomic E-state index is 12.7. The molecule has 0 radical (unpaired) electrons. The first-order valence-corrected chi connectivity index (χ1v) is 7.61. The number of carboxylic acids is 1. The van der Waals surface area contributed by atoms with E-state index in [0.717, 1.165) is 24.8 Å². The van der Waals surface area contributed by atoms with Crippen LogP contribution in [0.5, 0.6) is 0 Å². The van der Waals surface area contributed by atoms with Crippen LogP contribution in [-0.4, -0.2) is 34.5 Å². The lowest BCUT2D eigenvalue weighted by molar-refractivity contribution is -0.142. The van der Waals surface area contributed by atoms with E-state index in [2.05, 4.69) is 6.07 Å². The molecule has 0 aromatic heterocycles. The Bertz CT molecular complexity index is 650. The molecule has 1 aromatic rings. The number of aliphatic carboxylic acids is 1. The normalized spacial score (nSPS) is 26.5. The highest BCUT2D eigenvalue weighted by molar-refractivity contribution is 5.97. The Balaban J connectivity index is 1.86. The molecule has 3 atom stereocenters. The molecule has 2 aliphatic rings. The van der Waals surface area contributed by atoms with E-state index in [-0.39, 0.29) is 18.2 Å². The summed E-state index contributed by atoms with van der Waals surface area (Å²) in [6, 6.07) is 8.28. The summed E-state index contributed by atoms with van der Waals surface area (Å²) >= 11 is 0. The molecule has 1 aliphatic carbocycles. The quantitative estimate of drug-likeness (QED) is 0.926. The fraction of sp³-hybridized carbons (Fsp3) is 0.471. The number of rotatable bonds is 3. The predicted molar refractivity (Wildman–Crippen MR) is 79.1 cm³/mol. The average molecular weight is 298 g/mol. The number of hydrogen-bond donors (Lipinski definition) is 1. The van der Waals surface area contributed by atoms with Crippen LogP contribution in [0.15, 0.2) is 24.3 Å². The van der Waals surface area contributed by atoms with Gasteiger partial charge >= 0.3 is 5.97 Å². The van der Waals surface area contributed by atoms with E-state index in [9.17, 15) is 14.7 Å². The summed E-state index contributed by atoms with van der Waals surface area (Å²) in [5.74, 6) is -0.742. The molecule has 1 aromatic carbocycles. The molecule has 1 saturated carbocycles. The van der Waals surface area contributed by atoms with Gasteiger partial charge in [-0.1, -0.05) is 18.6 Å². The Labute approximate surface area is 129 Å². The van der Waals surface area contributed by atoms with Crippen LogP contribution in [0.25, 0.3) is 0 Å². The van der Waals surface area contributed by atoms with Gasteiger partial charge in [0.25, 0.3) is 5.91 Å².